The van der Waals surface area contributed by atoms with Crippen LogP contribution in [0.2, 0.25) is 0 Å². The third-order valence-corrected chi connectivity index (χ3v) is 7.49. The molecule has 154 valence electrons. The summed E-state index contributed by atoms with van der Waals surface area (Å²) in [6.45, 7) is 0.490. The van der Waals surface area contributed by atoms with Crippen LogP contribution in [0.4, 0.5) is 0 Å². The van der Waals surface area contributed by atoms with Crippen LogP contribution in [0, 0.1) is 5.92 Å². The number of fused-ring (bicyclic) bond motifs is 3. The number of methoxy groups -OCH3 is 1. The molecule has 0 spiro atoms. The van der Waals surface area contributed by atoms with E-state index < -0.39 is 9.84 Å². The summed E-state index contributed by atoms with van der Waals surface area (Å²) in [4.78, 5) is 16.7. The van der Waals surface area contributed by atoms with Gasteiger partial charge in [-0.1, -0.05) is 6.07 Å². The molecule has 1 aromatic carbocycles. The van der Waals surface area contributed by atoms with Crippen LogP contribution in [-0.4, -0.2) is 44.6 Å². The Balaban J connectivity index is 1.53. The number of ether oxygens (including phenoxy) is 2. The Morgan fingerprint density at radius 2 is 1.90 bits per heavy atom. The largest absolute Gasteiger partial charge is 0.477 e. The van der Waals surface area contributed by atoms with Crippen LogP contribution in [0.15, 0.2) is 30.3 Å². The third-order valence-electron chi connectivity index (χ3n) is 5.77. The maximum absolute atomic E-state index is 11.9. The maximum Gasteiger partial charge on any atom is 0.337 e. The average molecular weight is 416 g/mol. The van der Waals surface area contributed by atoms with Gasteiger partial charge in [0.05, 0.1) is 36.5 Å². The van der Waals surface area contributed by atoms with Gasteiger partial charge in [0.1, 0.15) is 9.84 Å². The molecule has 6 nitrogen and oxygen atoms in total. The van der Waals surface area contributed by atoms with Gasteiger partial charge in [-0.2, -0.15) is 0 Å². The molecule has 0 atom stereocenters. The summed E-state index contributed by atoms with van der Waals surface area (Å²) in [6, 6.07) is 9.56. The molecule has 1 aliphatic heterocycles. The van der Waals surface area contributed by atoms with Gasteiger partial charge >= 0.3 is 5.97 Å². The Bertz CT molecular complexity index is 1020. The number of carbonyl (C=O) groups excluding carboxylic acids is 1. The molecule has 2 aliphatic rings. The molecule has 4 rings (SSSR count). The van der Waals surface area contributed by atoms with Gasteiger partial charge in [-0.3, -0.25) is 0 Å². The fourth-order valence-electron chi connectivity index (χ4n) is 4.04. The minimum atomic E-state index is -2.86. The van der Waals surface area contributed by atoms with Crippen molar-refractivity contribution in [2.45, 2.75) is 32.1 Å². The molecule has 1 aliphatic carbocycles. The number of aromatic nitrogens is 1. The maximum atomic E-state index is 11.9. The highest BCUT2D eigenvalue weighted by Gasteiger charge is 2.24. The Labute approximate surface area is 171 Å². The lowest BCUT2D eigenvalue weighted by Gasteiger charge is -2.22. The van der Waals surface area contributed by atoms with Crippen LogP contribution in [0.25, 0.3) is 11.1 Å². The highest BCUT2D eigenvalue weighted by Crippen LogP contribution is 2.34. The van der Waals surface area contributed by atoms with Crippen molar-refractivity contribution in [1.82, 2.24) is 4.98 Å². The van der Waals surface area contributed by atoms with Gasteiger partial charge in [-0.15, -0.1) is 0 Å². The summed E-state index contributed by atoms with van der Waals surface area (Å²) in [6.07, 6.45) is 4.05. The van der Waals surface area contributed by atoms with E-state index in [4.69, 9.17) is 14.5 Å². The van der Waals surface area contributed by atoms with Gasteiger partial charge < -0.3 is 9.47 Å². The van der Waals surface area contributed by atoms with Crippen molar-refractivity contribution in [3.8, 4) is 17.0 Å². The Hall–Kier alpha value is -2.41. The second kappa shape index (κ2) is 8.14. The van der Waals surface area contributed by atoms with Crippen LogP contribution in [0.5, 0.6) is 5.88 Å². The highest BCUT2D eigenvalue weighted by atomic mass is 32.2. The molecule has 0 bridgehead atoms. The summed E-state index contributed by atoms with van der Waals surface area (Å²) in [5.74, 6) is 0.976. The lowest BCUT2D eigenvalue weighted by Crippen LogP contribution is -2.27. The summed E-state index contributed by atoms with van der Waals surface area (Å²) in [7, 11) is -1.48. The first-order chi connectivity index (χ1) is 13.9. The second-order valence-corrected chi connectivity index (χ2v) is 10.1. The van der Waals surface area contributed by atoms with Crippen molar-refractivity contribution in [1.29, 1.82) is 0 Å². The molecule has 7 heteroatoms. The van der Waals surface area contributed by atoms with E-state index in [1.54, 1.807) is 0 Å². The van der Waals surface area contributed by atoms with Crippen molar-refractivity contribution in [3.05, 3.63) is 47.2 Å². The van der Waals surface area contributed by atoms with Gasteiger partial charge in [0.25, 0.3) is 0 Å². The molecular weight excluding hydrogens is 390 g/mol. The summed E-state index contributed by atoms with van der Waals surface area (Å²) in [5.41, 5.74) is 4.76. The number of rotatable bonds is 4. The molecule has 0 N–H and O–H groups in total. The van der Waals surface area contributed by atoms with E-state index in [1.165, 1.54) is 12.7 Å². The highest BCUT2D eigenvalue weighted by molar-refractivity contribution is 7.91. The first-order valence-electron chi connectivity index (χ1n) is 10.00. The predicted octanol–water partition coefficient (Wildman–Crippen LogP) is 3.23. The number of carbonyl (C=O) groups is 1. The number of hydrogen-bond acceptors (Lipinski definition) is 6. The van der Waals surface area contributed by atoms with Gasteiger partial charge in [0.15, 0.2) is 0 Å². The molecule has 0 amide bonds. The molecule has 1 fully saturated rings. The standard InChI is InChI=1S/C22H25NO5S/c1-27-22(24)17-6-5-16-3-2-4-20-18(19(16)13-17)7-8-21(23-20)28-14-15-9-11-29(25,26)12-10-15/h5-8,13,15H,2-4,9-12,14H2,1H3. The smallest absolute Gasteiger partial charge is 0.337 e. The lowest BCUT2D eigenvalue weighted by molar-refractivity contribution is 0.0600. The van der Waals surface area contributed by atoms with Crippen molar-refractivity contribution in [2.24, 2.45) is 5.92 Å². The quantitative estimate of drug-likeness (QED) is 0.713. The van der Waals surface area contributed by atoms with E-state index >= 15 is 0 Å². The zero-order chi connectivity index (χ0) is 20.4. The normalized spacial score (nSPS) is 18.2. The van der Waals surface area contributed by atoms with Crippen molar-refractivity contribution >= 4 is 15.8 Å². The van der Waals surface area contributed by atoms with Crippen LogP contribution in [-0.2, 0) is 27.4 Å². The average Bonchev–Trinajstić information content (AvgIpc) is 2.90. The summed E-state index contributed by atoms with van der Waals surface area (Å²) < 4.78 is 33.9. The molecule has 0 radical (unpaired) electrons. The van der Waals surface area contributed by atoms with Crippen molar-refractivity contribution in [3.63, 3.8) is 0 Å². The number of pyridine rings is 1. The number of esters is 1. The minimum absolute atomic E-state index is 0.248. The molecule has 2 aromatic rings. The zero-order valence-corrected chi connectivity index (χ0v) is 17.3. The molecular formula is C22H25NO5S. The molecule has 29 heavy (non-hydrogen) atoms. The Kier molecular flexibility index (Phi) is 5.58. The van der Waals surface area contributed by atoms with Crippen LogP contribution >= 0.6 is 0 Å². The number of aryl methyl sites for hydroxylation is 2. The van der Waals surface area contributed by atoms with Gasteiger partial charge in [0.2, 0.25) is 5.88 Å². The second-order valence-electron chi connectivity index (χ2n) is 7.77. The number of hydrogen-bond donors (Lipinski definition) is 0. The molecule has 0 saturated carbocycles. The lowest BCUT2D eigenvalue weighted by atomic mass is 9.96. The number of sulfone groups is 1. The van der Waals surface area contributed by atoms with E-state index in [1.807, 2.05) is 30.3 Å². The van der Waals surface area contributed by atoms with Crippen LogP contribution in [0.3, 0.4) is 0 Å². The summed E-state index contributed by atoms with van der Waals surface area (Å²) >= 11 is 0. The van der Waals surface area contributed by atoms with Crippen molar-refractivity contribution < 1.29 is 22.7 Å². The number of nitrogens with zero attached hydrogens (tertiary/aromatic N) is 1. The Morgan fingerprint density at radius 3 is 2.66 bits per heavy atom. The minimum Gasteiger partial charge on any atom is -0.477 e. The Morgan fingerprint density at radius 1 is 1.10 bits per heavy atom. The van der Waals surface area contributed by atoms with Gasteiger partial charge in [-0.25, -0.2) is 18.2 Å². The predicted molar refractivity (Wildman–Crippen MR) is 110 cm³/mol. The fraction of sp³-hybridized carbons (Fsp3) is 0.455. The van der Waals surface area contributed by atoms with E-state index in [2.05, 4.69) is 0 Å². The monoisotopic (exact) mass is 415 g/mol. The van der Waals surface area contributed by atoms with Gasteiger partial charge in [-0.05, 0) is 67.3 Å². The SMILES string of the molecule is COC(=O)c1ccc2c(c1)-c1ccc(OCC3CCS(=O)(=O)CC3)nc1CCC2. The molecule has 1 aromatic heterocycles. The van der Waals surface area contributed by atoms with E-state index in [0.717, 1.165) is 36.1 Å². The molecule has 1 saturated heterocycles. The zero-order valence-electron chi connectivity index (χ0n) is 16.5. The molecule has 0 unspecified atom stereocenters. The van der Waals surface area contributed by atoms with E-state index in [0.29, 0.717) is 30.9 Å². The molecule has 2 heterocycles. The fourth-order valence-corrected chi connectivity index (χ4v) is 5.63. The van der Waals surface area contributed by atoms with Crippen molar-refractivity contribution in [2.75, 3.05) is 25.2 Å². The van der Waals surface area contributed by atoms with E-state index in [9.17, 15) is 13.2 Å². The first-order valence-corrected chi connectivity index (χ1v) is 11.8. The van der Waals surface area contributed by atoms with Gasteiger partial charge in [0, 0.05) is 11.6 Å². The topological polar surface area (TPSA) is 82.6 Å². The van der Waals surface area contributed by atoms with Crippen LogP contribution in [0.1, 0.15) is 40.9 Å². The van der Waals surface area contributed by atoms with E-state index in [-0.39, 0.29) is 23.4 Å². The van der Waals surface area contributed by atoms with Crippen LogP contribution < -0.4 is 4.74 Å². The first kappa shape index (κ1) is 19.9. The summed E-state index contributed by atoms with van der Waals surface area (Å²) in [5, 5.41) is 0. The number of benzene rings is 1. The third kappa shape index (κ3) is 4.45.